The Morgan fingerprint density at radius 3 is 2.62 bits per heavy atom. The summed E-state index contributed by atoms with van der Waals surface area (Å²) in [5.41, 5.74) is 0.855. The summed E-state index contributed by atoms with van der Waals surface area (Å²) in [6.45, 7) is 2.68. The molecule has 0 aromatic heterocycles. The maximum atomic E-state index is 12.1. The number of anilines is 1. The van der Waals surface area contributed by atoms with Crippen molar-refractivity contribution in [1.29, 1.82) is 5.26 Å². The maximum absolute atomic E-state index is 12.1. The summed E-state index contributed by atoms with van der Waals surface area (Å²) in [5.74, 6) is 0.163. The van der Waals surface area contributed by atoms with Gasteiger partial charge in [0.2, 0.25) is 10.0 Å². The quantitative estimate of drug-likeness (QED) is 0.846. The minimum Gasteiger partial charge on any atom is -0.335 e. The van der Waals surface area contributed by atoms with Crippen molar-refractivity contribution < 1.29 is 13.2 Å². The average Bonchev–Trinajstić information content (AvgIpc) is 2.55. The van der Waals surface area contributed by atoms with Crippen LogP contribution in [-0.4, -0.2) is 43.6 Å². The summed E-state index contributed by atoms with van der Waals surface area (Å²) in [5, 5.41) is 14.5. The molecule has 0 saturated carbocycles. The van der Waals surface area contributed by atoms with Gasteiger partial charge in [0.15, 0.2) is 0 Å². The predicted molar refractivity (Wildman–Crippen MR) is 92.0 cm³/mol. The Balaban J connectivity index is 1.86. The molecule has 130 valence electrons. The zero-order valence-electron chi connectivity index (χ0n) is 13.7. The Kier molecular flexibility index (Phi) is 6.17. The molecule has 0 unspecified atom stereocenters. The first kappa shape index (κ1) is 18.2. The largest absolute Gasteiger partial charge is 0.335 e. The van der Waals surface area contributed by atoms with E-state index < -0.39 is 10.0 Å². The number of carbonyl (C=O) groups is 1. The van der Waals surface area contributed by atoms with Crippen molar-refractivity contribution >= 4 is 21.7 Å². The van der Waals surface area contributed by atoms with E-state index in [1.807, 2.05) is 13.0 Å². The smallest absolute Gasteiger partial charge is 0.319 e. The van der Waals surface area contributed by atoms with Crippen LogP contribution in [0.4, 0.5) is 10.5 Å². The number of nitrogens with one attached hydrogen (secondary N) is 2. The standard InChI is InChI=1S/C16H22N4O3S/c1-2-11-24(22,23)20-9-7-14(8-10-20)18-16(21)19-15-6-4-3-5-13(15)12-17/h3-6,14H,2,7-11H2,1H3,(H2,18,19,21). The fourth-order valence-corrected chi connectivity index (χ4v) is 4.24. The van der Waals surface area contributed by atoms with Crippen LogP contribution in [0, 0.1) is 11.3 Å². The molecule has 2 rings (SSSR count). The van der Waals surface area contributed by atoms with Crippen molar-refractivity contribution in [2.75, 3.05) is 24.2 Å². The lowest BCUT2D eigenvalue weighted by atomic mass is 10.1. The van der Waals surface area contributed by atoms with Gasteiger partial charge in [-0.25, -0.2) is 17.5 Å². The summed E-state index contributed by atoms with van der Waals surface area (Å²) >= 11 is 0. The van der Waals surface area contributed by atoms with Gasteiger partial charge in [0, 0.05) is 19.1 Å². The maximum Gasteiger partial charge on any atom is 0.319 e. The second-order valence-electron chi connectivity index (χ2n) is 5.75. The first-order valence-corrected chi connectivity index (χ1v) is 9.61. The summed E-state index contributed by atoms with van der Waals surface area (Å²) in [6, 6.07) is 8.33. The highest BCUT2D eigenvalue weighted by atomic mass is 32.2. The van der Waals surface area contributed by atoms with E-state index in [1.54, 1.807) is 24.3 Å². The topological polar surface area (TPSA) is 102 Å². The van der Waals surface area contributed by atoms with Crippen molar-refractivity contribution in [2.45, 2.75) is 32.2 Å². The normalized spacial score (nSPS) is 16.3. The number of sulfonamides is 1. The van der Waals surface area contributed by atoms with Crippen LogP contribution < -0.4 is 10.6 Å². The third-order valence-corrected chi connectivity index (χ3v) is 6.02. The number of hydrogen-bond donors (Lipinski definition) is 2. The molecule has 0 atom stereocenters. The second kappa shape index (κ2) is 8.13. The highest BCUT2D eigenvalue weighted by Gasteiger charge is 2.27. The van der Waals surface area contributed by atoms with Gasteiger partial charge in [-0.1, -0.05) is 19.1 Å². The van der Waals surface area contributed by atoms with Crippen molar-refractivity contribution in [1.82, 2.24) is 9.62 Å². The minimum absolute atomic E-state index is 0.0766. The van der Waals surface area contributed by atoms with Crippen LogP contribution in [0.25, 0.3) is 0 Å². The lowest BCUT2D eigenvalue weighted by Crippen LogP contribution is -2.48. The third-order valence-electron chi connectivity index (χ3n) is 3.94. The van der Waals surface area contributed by atoms with E-state index in [1.165, 1.54) is 4.31 Å². The summed E-state index contributed by atoms with van der Waals surface area (Å²) in [7, 11) is -3.17. The molecule has 0 aliphatic carbocycles. The van der Waals surface area contributed by atoms with Gasteiger partial charge < -0.3 is 10.6 Å². The van der Waals surface area contributed by atoms with Crippen LogP contribution in [0.5, 0.6) is 0 Å². The van der Waals surface area contributed by atoms with Gasteiger partial charge in [-0.3, -0.25) is 0 Å². The molecule has 1 heterocycles. The highest BCUT2D eigenvalue weighted by molar-refractivity contribution is 7.89. The van der Waals surface area contributed by atoms with Gasteiger partial charge in [0.05, 0.1) is 17.0 Å². The highest BCUT2D eigenvalue weighted by Crippen LogP contribution is 2.16. The number of nitriles is 1. The SMILES string of the molecule is CCCS(=O)(=O)N1CCC(NC(=O)Nc2ccccc2C#N)CC1. The first-order chi connectivity index (χ1) is 11.5. The molecule has 0 radical (unpaired) electrons. The number of benzene rings is 1. The van der Waals surface area contributed by atoms with E-state index in [2.05, 4.69) is 10.6 Å². The number of amides is 2. The molecule has 7 nitrogen and oxygen atoms in total. The summed E-state index contributed by atoms with van der Waals surface area (Å²) in [6.07, 6.45) is 1.76. The van der Waals surface area contributed by atoms with E-state index in [-0.39, 0.29) is 17.8 Å². The number of nitrogens with zero attached hydrogens (tertiary/aromatic N) is 2. The number of piperidine rings is 1. The van der Waals surface area contributed by atoms with Crippen LogP contribution in [0.2, 0.25) is 0 Å². The molecule has 2 amide bonds. The van der Waals surface area contributed by atoms with Crippen molar-refractivity contribution in [3.8, 4) is 6.07 Å². The number of hydrogen-bond acceptors (Lipinski definition) is 4. The zero-order valence-corrected chi connectivity index (χ0v) is 14.5. The van der Waals surface area contributed by atoms with Crippen LogP contribution >= 0.6 is 0 Å². The predicted octanol–water partition coefficient (Wildman–Crippen LogP) is 1.88. The van der Waals surface area contributed by atoms with Crippen LogP contribution in [0.1, 0.15) is 31.7 Å². The van der Waals surface area contributed by atoms with Crippen molar-refractivity contribution in [3.63, 3.8) is 0 Å². The molecular weight excluding hydrogens is 328 g/mol. The van der Waals surface area contributed by atoms with Gasteiger partial charge >= 0.3 is 6.03 Å². The molecule has 1 aromatic rings. The molecule has 1 aromatic carbocycles. The van der Waals surface area contributed by atoms with Gasteiger partial charge in [0.1, 0.15) is 6.07 Å². The molecule has 8 heteroatoms. The average molecular weight is 350 g/mol. The van der Waals surface area contributed by atoms with Crippen LogP contribution in [-0.2, 0) is 10.0 Å². The van der Waals surface area contributed by atoms with Crippen molar-refractivity contribution in [3.05, 3.63) is 29.8 Å². The fraction of sp³-hybridized carbons (Fsp3) is 0.500. The molecule has 1 saturated heterocycles. The second-order valence-corrected chi connectivity index (χ2v) is 7.83. The Bertz CT molecular complexity index is 719. The minimum atomic E-state index is -3.17. The van der Waals surface area contributed by atoms with Gasteiger partial charge in [-0.2, -0.15) is 5.26 Å². The van der Waals surface area contributed by atoms with Gasteiger partial charge in [0.25, 0.3) is 0 Å². The van der Waals surface area contributed by atoms with Crippen molar-refractivity contribution in [2.24, 2.45) is 0 Å². The Morgan fingerprint density at radius 2 is 2.00 bits per heavy atom. The number of urea groups is 1. The van der Waals surface area contributed by atoms with Gasteiger partial charge in [-0.15, -0.1) is 0 Å². The lowest BCUT2D eigenvalue weighted by Gasteiger charge is -2.31. The molecule has 1 aliphatic rings. The van der Waals surface area contributed by atoms with E-state index in [0.29, 0.717) is 43.6 Å². The Labute approximate surface area is 142 Å². The molecule has 24 heavy (non-hydrogen) atoms. The van der Waals surface area contributed by atoms with Crippen LogP contribution in [0.3, 0.4) is 0 Å². The number of rotatable bonds is 5. The monoisotopic (exact) mass is 350 g/mol. The summed E-state index contributed by atoms with van der Waals surface area (Å²) in [4.78, 5) is 12.1. The fourth-order valence-electron chi connectivity index (χ4n) is 2.70. The number of carbonyl (C=O) groups excluding carboxylic acids is 1. The first-order valence-electron chi connectivity index (χ1n) is 8.00. The molecule has 0 bridgehead atoms. The molecule has 1 aliphatic heterocycles. The molecule has 0 spiro atoms. The summed E-state index contributed by atoms with van der Waals surface area (Å²) < 4.78 is 25.5. The molecular formula is C16H22N4O3S. The van der Waals surface area contributed by atoms with E-state index in [9.17, 15) is 13.2 Å². The molecule has 1 fully saturated rings. The van der Waals surface area contributed by atoms with Crippen LogP contribution in [0.15, 0.2) is 24.3 Å². The number of para-hydroxylation sites is 1. The molecule has 2 N–H and O–H groups in total. The Morgan fingerprint density at radius 1 is 1.33 bits per heavy atom. The lowest BCUT2D eigenvalue weighted by molar-refractivity contribution is 0.238. The zero-order chi connectivity index (χ0) is 17.6. The van der Waals surface area contributed by atoms with Gasteiger partial charge in [-0.05, 0) is 31.4 Å². The Hall–Kier alpha value is -2.11. The third kappa shape index (κ3) is 4.69. The van der Waals surface area contributed by atoms with E-state index in [4.69, 9.17) is 5.26 Å². The van der Waals surface area contributed by atoms with E-state index >= 15 is 0 Å². The van der Waals surface area contributed by atoms with E-state index in [0.717, 1.165) is 0 Å².